The van der Waals surface area contributed by atoms with E-state index in [1.165, 1.54) is 0 Å². The van der Waals surface area contributed by atoms with Crippen LogP contribution in [0.1, 0.15) is 0 Å². The van der Waals surface area contributed by atoms with Crippen LogP contribution in [0.3, 0.4) is 0 Å². The zero-order chi connectivity index (χ0) is 41.0. The molecule has 5 heteroatoms. The number of rotatable bonds is 7. The van der Waals surface area contributed by atoms with E-state index < -0.39 is 0 Å². The number of furan rings is 2. The molecule has 290 valence electrons. The number of hydrogen-bond acceptors (Lipinski definition) is 5. The van der Waals surface area contributed by atoms with Crippen LogP contribution in [0, 0.1) is 0 Å². The van der Waals surface area contributed by atoms with E-state index in [0.29, 0.717) is 17.5 Å². The van der Waals surface area contributed by atoms with Gasteiger partial charge in [0.15, 0.2) is 17.5 Å². The fourth-order valence-corrected chi connectivity index (χ4v) is 8.84. The molecule has 0 aliphatic rings. The fourth-order valence-electron chi connectivity index (χ4n) is 8.84. The van der Waals surface area contributed by atoms with Gasteiger partial charge in [0.1, 0.15) is 22.3 Å². The molecule has 0 aliphatic heterocycles. The molecule has 0 atom stereocenters. The maximum absolute atomic E-state index is 6.68. The average molecular weight is 794 g/mol. The molecule has 12 aromatic rings. The molecule has 0 radical (unpaired) electrons. The van der Waals surface area contributed by atoms with Gasteiger partial charge in [0.05, 0.1) is 0 Å². The van der Waals surface area contributed by atoms with E-state index in [0.717, 1.165) is 105 Å². The van der Waals surface area contributed by atoms with E-state index in [1.807, 2.05) is 48.5 Å². The predicted molar refractivity (Wildman–Crippen MR) is 252 cm³/mol. The molecule has 9 aromatic carbocycles. The van der Waals surface area contributed by atoms with Crippen LogP contribution in [0.15, 0.2) is 221 Å². The second-order valence-corrected chi connectivity index (χ2v) is 15.5. The Hall–Kier alpha value is -8.41. The Morgan fingerprint density at radius 1 is 0.242 bits per heavy atom. The third-order valence-electron chi connectivity index (χ3n) is 11.8. The topological polar surface area (TPSA) is 65.0 Å². The number of aromatic nitrogens is 3. The quantitative estimate of drug-likeness (QED) is 0.161. The van der Waals surface area contributed by atoms with Gasteiger partial charge in [0.25, 0.3) is 0 Å². The van der Waals surface area contributed by atoms with Crippen LogP contribution in [0.2, 0.25) is 0 Å². The maximum Gasteiger partial charge on any atom is 0.164 e. The summed E-state index contributed by atoms with van der Waals surface area (Å²) in [5.74, 6) is 1.85. The van der Waals surface area contributed by atoms with Gasteiger partial charge >= 0.3 is 0 Å². The molecule has 62 heavy (non-hydrogen) atoms. The predicted octanol–water partition coefficient (Wildman–Crippen LogP) is 15.3. The fraction of sp³-hybridized carbons (Fsp3) is 0. The maximum atomic E-state index is 6.68. The molecule has 0 saturated heterocycles. The lowest BCUT2D eigenvalue weighted by molar-refractivity contribution is 0.668. The van der Waals surface area contributed by atoms with Gasteiger partial charge in [-0.3, -0.25) is 0 Å². The number of nitrogens with zero attached hydrogens (tertiary/aromatic N) is 3. The minimum atomic E-state index is 0.605. The number of hydrogen-bond donors (Lipinski definition) is 0. The molecule has 5 nitrogen and oxygen atoms in total. The van der Waals surface area contributed by atoms with Gasteiger partial charge in [0, 0.05) is 38.2 Å². The second kappa shape index (κ2) is 14.7. The second-order valence-electron chi connectivity index (χ2n) is 15.5. The molecule has 0 unspecified atom stereocenters. The minimum Gasteiger partial charge on any atom is -0.456 e. The van der Waals surface area contributed by atoms with E-state index in [4.69, 9.17) is 23.8 Å². The summed E-state index contributed by atoms with van der Waals surface area (Å²) in [5, 5.41) is 4.37. The highest BCUT2D eigenvalue weighted by Gasteiger charge is 2.20. The lowest BCUT2D eigenvalue weighted by Crippen LogP contribution is -2.00. The van der Waals surface area contributed by atoms with E-state index >= 15 is 0 Å². The number of benzene rings is 9. The van der Waals surface area contributed by atoms with E-state index in [2.05, 4.69) is 164 Å². The first-order valence-electron chi connectivity index (χ1n) is 20.8. The zero-order valence-corrected chi connectivity index (χ0v) is 33.4. The Labute approximate surface area is 357 Å². The lowest BCUT2D eigenvalue weighted by atomic mass is 9.90. The van der Waals surface area contributed by atoms with Crippen molar-refractivity contribution in [3.05, 3.63) is 212 Å². The molecule has 0 saturated carbocycles. The Kier molecular flexibility index (Phi) is 8.42. The van der Waals surface area contributed by atoms with Gasteiger partial charge < -0.3 is 8.83 Å². The van der Waals surface area contributed by atoms with E-state index in [-0.39, 0.29) is 0 Å². The third-order valence-corrected chi connectivity index (χ3v) is 11.8. The average Bonchev–Trinajstić information content (AvgIpc) is 3.93. The molecule has 0 fully saturated rings. The van der Waals surface area contributed by atoms with Crippen LogP contribution in [0.25, 0.3) is 123 Å². The SMILES string of the molecule is c1ccc(-c2cccc(-c3nc(-c4ccccc4)nc(-c4cccc(-c5ccc6c(c5)oc5cccc(-c7ccccc7-c7cccc8oc9ccccc9c78)c56)c4)n3)c2)cc1. The molecule has 12 rings (SSSR count). The van der Waals surface area contributed by atoms with Crippen molar-refractivity contribution in [1.29, 1.82) is 0 Å². The molecular weight excluding hydrogens is 759 g/mol. The van der Waals surface area contributed by atoms with Crippen molar-refractivity contribution in [1.82, 2.24) is 15.0 Å². The van der Waals surface area contributed by atoms with Crippen molar-refractivity contribution < 1.29 is 8.83 Å². The van der Waals surface area contributed by atoms with Crippen molar-refractivity contribution in [2.75, 3.05) is 0 Å². The van der Waals surface area contributed by atoms with Gasteiger partial charge in [-0.25, -0.2) is 15.0 Å². The normalized spacial score (nSPS) is 11.5. The van der Waals surface area contributed by atoms with Gasteiger partial charge in [-0.05, 0) is 87.0 Å². The molecular formula is C57H35N3O2. The minimum absolute atomic E-state index is 0.605. The summed E-state index contributed by atoms with van der Waals surface area (Å²) in [6.45, 7) is 0. The highest BCUT2D eigenvalue weighted by Crippen LogP contribution is 2.44. The van der Waals surface area contributed by atoms with E-state index in [1.54, 1.807) is 0 Å². The number of para-hydroxylation sites is 1. The summed E-state index contributed by atoms with van der Waals surface area (Å²) in [6.07, 6.45) is 0. The van der Waals surface area contributed by atoms with Crippen LogP contribution >= 0.6 is 0 Å². The van der Waals surface area contributed by atoms with Gasteiger partial charge in [0.2, 0.25) is 0 Å². The van der Waals surface area contributed by atoms with Crippen LogP contribution < -0.4 is 0 Å². The summed E-state index contributed by atoms with van der Waals surface area (Å²) >= 11 is 0. The smallest absolute Gasteiger partial charge is 0.164 e. The molecule has 0 N–H and O–H groups in total. The van der Waals surface area contributed by atoms with Gasteiger partial charge in [-0.2, -0.15) is 0 Å². The van der Waals surface area contributed by atoms with Crippen molar-refractivity contribution in [2.24, 2.45) is 0 Å². The first kappa shape index (κ1) is 35.5. The number of fused-ring (bicyclic) bond motifs is 6. The third kappa shape index (κ3) is 6.14. The zero-order valence-electron chi connectivity index (χ0n) is 33.4. The molecule has 0 spiro atoms. The Bertz CT molecular complexity index is 3640. The van der Waals surface area contributed by atoms with Gasteiger partial charge in [-0.1, -0.05) is 170 Å². The van der Waals surface area contributed by atoms with Crippen molar-refractivity contribution in [3.63, 3.8) is 0 Å². The highest BCUT2D eigenvalue weighted by molar-refractivity contribution is 6.17. The highest BCUT2D eigenvalue weighted by atomic mass is 16.3. The van der Waals surface area contributed by atoms with Crippen molar-refractivity contribution >= 4 is 43.9 Å². The lowest BCUT2D eigenvalue weighted by Gasteiger charge is -2.12. The molecule has 0 amide bonds. The largest absolute Gasteiger partial charge is 0.456 e. The van der Waals surface area contributed by atoms with Crippen molar-refractivity contribution in [3.8, 4) is 78.7 Å². The monoisotopic (exact) mass is 793 g/mol. The first-order chi connectivity index (χ1) is 30.7. The summed E-state index contributed by atoms with van der Waals surface area (Å²) in [4.78, 5) is 15.1. The van der Waals surface area contributed by atoms with Crippen molar-refractivity contribution in [2.45, 2.75) is 0 Å². The van der Waals surface area contributed by atoms with Crippen LogP contribution in [0.5, 0.6) is 0 Å². The molecule has 3 aromatic heterocycles. The Balaban J connectivity index is 0.950. The summed E-state index contributed by atoms with van der Waals surface area (Å²) in [6, 6.07) is 73.3. The summed E-state index contributed by atoms with van der Waals surface area (Å²) < 4.78 is 13.0. The molecule has 0 bridgehead atoms. The van der Waals surface area contributed by atoms with E-state index in [9.17, 15) is 0 Å². The Morgan fingerprint density at radius 2 is 0.645 bits per heavy atom. The standard InChI is InChI=1S/C57H35N3O2/c1-3-15-36(16-4-1)38-19-11-21-41(33-38)56-58-55(37-17-5-2-6-18-37)59-57(60-56)42-22-12-20-39(34-42)40-31-32-48-52(35-40)62-51-30-14-27-46(54(48)51)44-24-8-7-23-43(44)45-26-13-29-50-53(45)47-25-9-10-28-49(47)61-50/h1-35H. The van der Waals surface area contributed by atoms with Crippen LogP contribution in [-0.4, -0.2) is 15.0 Å². The van der Waals surface area contributed by atoms with Crippen LogP contribution in [0.4, 0.5) is 0 Å². The van der Waals surface area contributed by atoms with Crippen LogP contribution in [-0.2, 0) is 0 Å². The summed E-state index contributed by atoms with van der Waals surface area (Å²) in [5.41, 5.74) is 15.0. The Morgan fingerprint density at radius 3 is 1.27 bits per heavy atom. The van der Waals surface area contributed by atoms with Gasteiger partial charge in [-0.15, -0.1) is 0 Å². The first-order valence-corrected chi connectivity index (χ1v) is 20.8. The molecule has 3 heterocycles. The summed E-state index contributed by atoms with van der Waals surface area (Å²) in [7, 11) is 0. The molecule has 0 aliphatic carbocycles.